The largest absolute Gasteiger partial charge is 0.453 e. The third-order valence-electron chi connectivity index (χ3n) is 6.77. The monoisotopic (exact) mass is 529 g/mol. The predicted molar refractivity (Wildman–Crippen MR) is 148 cm³/mol. The van der Waals surface area contributed by atoms with E-state index in [1.54, 1.807) is 54.6 Å². The molecule has 2 aliphatic rings. The van der Waals surface area contributed by atoms with Crippen LogP contribution in [0.5, 0.6) is 0 Å². The molecule has 3 aromatic carbocycles. The lowest BCUT2D eigenvalue weighted by molar-refractivity contribution is -0.110. The lowest BCUT2D eigenvalue weighted by atomic mass is 9.99. The van der Waals surface area contributed by atoms with Crippen molar-refractivity contribution in [2.75, 3.05) is 56.3 Å². The minimum atomic E-state index is -0.600. The molecule has 0 unspecified atom stereocenters. The average molecular weight is 530 g/mol. The van der Waals surface area contributed by atoms with E-state index in [4.69, 9.17) is 0 Å². The number of fused-ring (bicyclic) bond motifs is 1. The standard InChI is InChI=1S/C29H28FN5O4/c1-34-13-15-35(16-14-34)28(37)19-5-10-21(11-6-19)31-26(18-3-8-22(9-4-18)32-29(38)39-2)25-23-12-7-20(30)17-24(23)33-27(25)36/h3-12,17,31H,13-16H2,1-2H3,(H,32,38)(H,33,36). The molecule has 0 spiro atoms. The smallest absolute Gasteiger partial charge is 0.411 e. The number of anilines is 3. The summed E-state index contributed by atoms with van der Waals surface area (Å²) in [5.74, 6) is -0.853. The molecule has 39 heavy (non-hydrogen) atoms. The Labute approximate surface area is 225 Å². The fourth-order valence-electron chi connectivity index (χ4n) is 4.59. The molecule has 0 aliphatic carbocycles. The van der Waals surface area contributed by atoms with Crippen molar-refractivity contribution in [3.8, 4) is 0 Å². The number of likely N-dealkylation sites (N-methyl/N-ethyl adjacent to an activating group) is 1. The maximum Gasteiger partial charge on any atom is 0.411 e. The van der Waals surface area contributed by atoms with Crippen LogP contribution in [-0.2, 0) is 9.53 Å². The summed E-state index contributed by atoms with van der Waals surface area (Å²) in [6, 6.07) is 18.1. The van der Waals surface area contributed by atoms with Gasteiger partial charge in [0, 0.05) is 48.7 Å². The first-order valence-electron chi connectivity index (χ1n) is 12.5. The molecule has 9 nitrogen and oxygen atoms in total. The topological polar surface area (TPSA) is 103 Å². The Bertz CT molecular complexity index is 1450. The van der Waals surface area contributed by atoms with Gasteiger partial charge < -0.3 is 25.2 Å². The third-order valence-corrected chi connectivity index (χ3v) is 6.77. The first kappa shape index (κ1) is 25.9. The van der Waals surface area contributed by atoms with Gasteiger partial charge in [0.2, 0.25) is 0 Å². The molecule has 2 aliphatic heterocycles. The molecule has 3 N–H and O–H groups in total. The Morgan fingerprint density at radius 2 is 1.49 bits per heavy atom. The molecule has 1 saturated heterocycles. The summed E-state index contributed by atoms with van der Waals surface area (Å²) < 4.78 is 18.5. The number of carbonyl (C=O) groups excluding carboxylic acids is 3. The van der Waals surface area contributed by atoms with Crippen LogP contribution in [0, 0.1) is 5.82 Å². The number of rotatable bonds is 5. The number of ether oxygens (including phenoxy) is 1. The van der Waals surface area contributed by atoms with Crippen LogP contribution >= 0.6 is 0 Å². The lowest BCUT2D eigenvalue weighted by Crippen LogP contribution is -2.47. The lowest BCUT2D eigenvalue weighted by Gasteiger charge is -2.32. The van der Waals surface area contributed by atoms with Gasteiger partial charge in [-0.2, -0.15) is 0 Å². The van der Waals surface area contributed by atoms with Gasteiger partial charge >= 0.3 is 6.09 Å². The van der Waals surface area contributed by atoms with Crippen LogP contribution in [0.4, 0.5) is 26.2 Å². The van der Waals surface area contributed by atoms with E-state index < -0.39 is 11.9 Å². The SMILES string of the molecule is COC(=O)Nc1ccc(C(Nc2ccc(C(=O)N3CCN(C)CC3)cc2)=C2C(=O)Nc3cc(F)ccc32)cc1. The van der Waals surface area contributed by atoms with E-state index in [-0.39, 0.29) is 11.8 Å². The Morgan fingerprint density at radius 3 is 2.13 bits per heavy atom. The summed E-state index contributed by atoms with van der Waals surface area (Å²) in [7, 11) is 3.32. The third kappa shape index (κ3) is 5.60. The zero-order chi connectivity index (χ0) is 27.5. The number of nitrogens with zero attached hydrogens (tertiary/aromatic N) is 2. The number of piperazine rings is 1. The normalized spacial score (nSPS) is 16.3. The van der Waals surface area contributed by atoms with E-state index in [1.807, 2.05) is 11.9 Å². The maximum absolute atomic E-state index is 13.9. The van der Waals surface area contributed by atoms with E-state index in [0.717, 1.165) is 13.1 Å². The van der Waals surface area contributed by atoms with Crippen molar-refractivity contribution in [2.45, 2.75) is 0 Å². The van der Waals surface area contributed by atoms with Crippen molar-refractivity contribution in [1.29, 1.82) is 0 Å². The second kappa shape index (κ2) is 11.0. The molecule has 2 heterocycles. The molecule has 0 aromatic heterocycles. The summed E-state index contributed by atoms with van der Waals surface area (Å²) in [5, 5.41) is 8.65. The van der Waals surface area contributed by atoms with Crippen LogP contribution in [0.25, 0.3) is 11.3 Å². The second-order valence-corrected chi connectivity index (χ2v) is 9.39. The van der Waals surface area contributed by atoms with Crippen molar-refractivity contribution in [3.05, 3.63) is 89.2 Å². The van der Waals surface area contributed by atoms with Crippen LogP contribution in [0.15, 0.2) is 66.7 Å². The summed E-state index contributed by atoms with van der Waals surface area (Å²) >= 11 is 0. The molecule has 0 radical (unpaired) electrons. The van der Waals surface area contributed by atoms with Crippen LogP contribution in [0.1, 0.15) is 21.5 Å². The van der Waals surface area contributed by atoms with Gasteiger partial charge in [0.05, 0.1) is 24.1 Å². The molecular weight excluding hydrogens is 501 g/mol. The van der Waals surface area contributed by atoms with E-state index in [0.29, 0.717) is 58.1 Å². The van der Waals surface area contributed by atoms with Crippen molar-refractivity contribution in [2.24, 2.45) is 0 Å². The fourth-order valence-corrected chi connectivity index (χ4v) is 4.59. The van der Waals surface area contributed by atoms with E-state index in [1.165, 1.54) is 19.2 Å². The summed E-state index contributed by atoms with van der Waals surface area (Å²) in [6.07, 6.45) is -0.600. The number of benzene rings is 3. The minimum Gasteiger partial charge on any atom is -0.453 e. The van der Waals surface area contributed by atoms with Crippen LogP contribution in [-0.4, -0.2) is 68.0 Å². The average Bonchev–Trinajstić information content (AvgIpc) is 3.27. The highest BCUT2D eigenvalue weighted by Crippen LogP contribution is 2.38. The summed E-state index contributed by atoms with van der Waals surface area (Å²) in [4.78, 5) is 41.7. The fraction of sp³-hybridized carbons (Fsp3) is 0.207. The molecule has 10 heteroatoms. The molecule has 200 valence electrons. The highest BCUT2D eigenvalue weighted by Gasteiger charge is 2.29. The highest BCUT2D eigenvalue weighted by atomic mass is 19.1. The summed E-state index contributed by atoms with van der Waals surface area (Å²) in [5.41, 5.74) is 4.18. The number of amides is 3. The van der Waals surface area contributed by atoms with Gasteiger partial charge in [-0.3, -0.25) is 14.9 Å². The number of hydrogen-bond acceptors (Lipinski definition) is 6. The van der Waals surface area contributed by atoms with Gasteiger partial charge in [0.25, 0.3) is 11.8 Å². The molecule has 0 bridgehead atoms. The maximum atomic E-state index is 13.9. The van der Waals surface area contributed by atoms with Gasteiger partial charge in [-0.1, -0.05) is 12.1 Å². The van der Waals surface area contributed by atoms with Gasteiger partial charge in [-0.15, -0.1) is 0 Å². The first-order chi connectivity index (χ1) is 18.8. The van der Waals surface area contributed by atoms with Crippen molar-refractivity contribution < 1.29 is 23.5 Å². The molecule has 1 fully saturated rings. The van der Waals surface area contributed by atoms with Gasteiger partial charge in [-0.05, 0) is 67.2 Å². The zero-order valence-corrected chi connectivity index (χ0v) is 21.6. The van der Waals surface area contributed by atoms with E-state index in [2.05, 4.69) is 25.6 Å². The Balaban J connectivity index is 1.47. The molecular formula is C29H28FN5O4. The number of methoxy groups -OCH3 is 1. The van der Waals surface area contributed by atoms with Crippen molar-refractivity contribution in [3.63, 3.8) is 0 Å². The van der Waals surface area contributed by atoms with Gasteiger partial charge in [0.1, 0.15) is 5.82 Å². The zero-order valence-electron chi connectivity index (χ0n) is 21.6. The quantitative estimate of drug-likeness (QED) is 0.426. The molecule has 0 saturated carbocycles. The molecule has 3 aromatic rings. The molecule has 0 atom stereocenters. The Morgan fingerprint density at radius 1 is 0.872 bits per heavy atom. The highest BCUT2D eigenvalue weighted by molar-refractivity contribution is 6.37. The predicted octanol–water partition coefficient (Wildman–Crippen LogP) is 4.32. The van der Waals surface area contributed by atoms with E-state index in [9.17, 15) is 18.8 Å². The van der Waals surface area contributed by atoms with Gasteiger partial charge in [-0.25, -0.2) is 9.18 Å². The molecule has 5 rings (SSSR count). The number of halogens is 1. The number of nitrogens with one attached hydrogen (secondary N) is 3. The number of carbonyl (C=O) groups is 3. The van der Waals surface area contributed by atoms with Gasteiger partial charge in [0.15, 0.2) is 0 Å². The van der Waals surface area contributed by atoms with Crippen LogP contribution in [0.3, 0.4) is 0 Å². The first-order valence-corrected chi connectivity index (χ1v) is 12.5. The van der Waals surface area contributed by atoms with Crippen LogP contribution < -0.4 is 16.0 Å². The van der Waals surface area contributed by atoms with Crippen LogP contribution in [0.2, 0.25) is 0 Å². The van der Waals surface area contributed by atoms with E-state index >= 15 is 0 Å². The minimum absolute atomic E-state index is 0.0203. The Hall–Kier alpha value is -4.70. The summed E-state index contributed by atoms with van der Waals surface area (Å²) in [6.45, 7) is 3.04. The Kier molecular flexibility index (Phi) is 7.29. The van der Waals surface area contributed by atoms with Crippen molar-refractivity contribution >= 4 is 46.2 Å². The molecule has 3 amide bonds. The van der Waals surface area contributed by atoms with Crippen molar-refractivity contribution in [1.82, 2.24) is 9.80 Å². The number of hydrogen-bond donors (Lipinski definition) is 3. The second-order valence-electron chi connectivity index (χ2n) is 9.39.